The van der Waals surface area contributed by atoms with Crippen LogP contribution in [0, 0.1) is 0 Å². The molecule has 1 aliphatic rings. The maximum atomic E-state index is 9.71. The standard InChI is InChI=1S/C10H10Cl4N2O/c1-4(17)16-3-15(2)9-7(13)5(11)6(12)8(14)10(9)16/h4,17H,3H2,1-2H3. The molecule has 1 heterocycles. The molecule has 94 valence electrons. The number of aliphatic hydroxyl groups is 1. The van der Waals surface area contributed by atoms with E-state index in [4.69, 9.17) is 46.4 Å². The zero-order valence-corrected chi connectivity index (χ0v) is 12.2. The minimum Gasteiger partial charge on any atom is -0.374 e. The van der Waals surface area contributed by atoms with Crippen LogP contribution in [0.25, 0.3) is 0 Å². The highest BCUT2D eigenvalue weighted by atomic mass is 35.5. The summed E-state index contributed by atoms with van der Waals surface area (Å²) in [7, 11) is 1.84. The SMILES string of the molecule is CC(O)N1CN(C)c2c(Cl)c(Cl)c(Cl)c(Cl)c21. The average molecular weight is 316 g/mol. The predicted molar refractivity (Wildman–Crippen MR) is 73.9 cm³/mol. The molecule has 0 saturated carbocycles. The summed E-state index contributed by atoms with van der Waals surface area (Å²) in [5.74, 6) is 0. The van der Waals surface area contributed by atoms with Crippen molar-refractivity contribution >= 4 is 57.8 Å². The summed E-state index contributed by atoms with van der Waals surface area (Å²) >= 11 is 24.3. The Balaban J connectivity index is 2.73. The van der Waals surface area contributed by atoms with Crippen LogP contribution in [0.3, 0.4) is 0 Å². The van der Waals surface area contributed by atoms with Crippen molar-refractivity contribution in [2.45, 2.75) is 13.2 Å². The summed E-state index contributed by atoms with van der Waals surface area (Å²) < 4.78 is 0. The topological polar surface area (TPSA) is 26.7 Å². The van der Waals surface area contributed by atoms with Crippen LogP contribution in [0.15, 0.2) is 0 Å². The Kier molecular flexibility index (Phi) is 3.59. The lowest BCUT2D eigenvalue weighted by molar-refractivity contribution is 0.191. The van der Waals surface area contributed by atoms with Crippen LogP contribution in [0.5, 0.6) is 0 Å². The van der Waals surface area contributed by atoms with Crippen LogP contribution < -0.4 is 9.80 Å². The number of anilines is 2. The Labute approximate surface area is 119 Å². The van der Waals surface area contributed by atoms with Gasteiger partial charge in [-0.25, -0.2) is 0 Å². The summed E-state index contributed by atoms with van der Waals surface area (Å²) in [6.45, 7) is 2.12. The van der Waals surface area contributed by atoms with Gasteiger partial charge in [0.25, 0.3) is 0 Å². The van der Waals surface area contributed by atoms with Gasteiger partial charge in [0.2, 0.25) is 0 Å². The van der Waals surface area contributed by atoms with Gasteiger partial charge in [-0.05, 0) is 6.92 Å². The third-order valence-corrected chi connectivity index (χ3v) is 4.48. The second-order valence-electron chi connectivity index (χ2n) is 3.89. The molecule has 1 N–H and O–H groups in total. The van der Waals surface area contributed by atoms with Gasteiger partial charge in [0.05, 0.1) is 38.1 Å². The molecule has 0 aliphatic carbocycles. The normalized spacial score (nSPS) is 16.4. The molecular weight excluding hydrogens is 306 g/mol. The van der Waals surface area contributed by atoms with Crippen LogP contribution >= 0.6 is 46.4 Å². The zero-order valence-electron chi connectivity index (χ0n) is 9.14. The first-order valence-corrected chi connectivity index (χ1v) is 6.39. The molecule has 0 fully saturated rings. The number of fused-ring (bicyclic) bond motifs is 1. The minimum absolute atomic E-state index is 0.207. The number of hydrogen-bond donors (Lipinski definition) is 1. The van der Waals surface area contributed by atoms with E-state index in [0.29, 0.717) is 28.1 Å². The second-order valence-corrected chi connectivity index (χ2v) is 5.41. The van der Waals surface area contributed by atoms with E-state index in [1.54, 1.807) is 11.8 Å². The molecule has 1 atom stereocenters. The number of halogens is 4. The molecule has 3 nitrogen and oxygen atoms in total. The summed E-state index contributed by atoms with van der Waals surface area (Å²) in [4.78, 5) is 3.56. The van der Waals surface area contributed by atoms with Crippen molar-refractivity contribution in [1.29, 1.82) is 0 Å². The van der Waals surface area contributed by atoms with Crippen LogP contribution in [0.2, 0.25) is 20.1 Å². The van der Waals surface area contributed by atoms with Crippen molar-refractivity contribution in [1.82, 2.24) is 0 Å². The lowest BCUT2D eigenvalue weighted by atomic mass is 10.2. The fourth-order valence-electron chi connectivity index (χ4n) is 1.89. The van der Waals surface area contributed by atoms with Gasteiger partial charge in [-0.15, -0.1) is 0 Å². The minimum atomic E-state index is -0.690. The van der Waals surface area contributed by atoms with E-state index in [1.165, 1.54) is 0 Å². The second kappa shape index (κ2) is 4.56. The molecule has 1 aromatic rings. The maximum Gasteiger partial charge on any atom is 0.125 e. The van der Waals surface area contributed by atoms with Crippen molar-refractivity contribution in [3.8, 4) is 0 Å². The van der Waals surface area contributed by atoms with Crippen molar-refractivity contribution in [3.05, 3.63) is 20.1 Å². The Hall–Kier alpha value is -0.0600. The monoisotopic (exact) mass is 314 g/mol. The Morgan fingerprint density at radius 3 is 1.94 bits per heavy atom. The van der Waals surface area contributed by atoms with Crippen molar-refractivity contribution < 1.29 is 5.11 Å². The number of rotatable bonds is 1. The molecule has 1 aliphatic heterocycles. The quantitative estimate of drug-likeness (QED) is 0.630. The summed E-state index contributed by atoms with van der Waals surface area (Å²) in [5.41, 5.74) is 1.30. The molecule has 1 aromatic carbocycles. The molecule has 0 spiro atoms. The smallest absolute Gasteiger partial charge is 0.125 e. The van der Waals surface area contributed by atoms with Gasteiger partial charge < -0.3 is 14.9 Å². The van der Waals surface area contributed by atoms with E-state index in [1.807, 2.05) is 11.9 Å². The van der Waals surface area contributed by atoms with Crippen molar-refractivity contribution in [2.24, 2.45) is 0 Å². The van der Waals surface area contributed by atoms with E-state index in [9.17, 15) is 5.11 Å². The molecule has 7 heteroatoms. The lowest BCUT2D eigenvalue weighted by Gasteiger charge is -2.23. The van der Waals surface area contributed by atoms with Crippen molar-refractivity contribution in [2.75, 3.05) is 23.5 Å². The van der Waals surface area contributed by atoms with Crippen LogP contribution in [0.1, 0.15) is 6.92 Å². The first-order valence-electron chi connectivity index (χ1n) is 4.88. The van der Waals surface area contributed by atoms with E-state index < -0.39 is 6.23 Å². The van der Waals surface area contributed by atoms with Crippen LogP contribution in [-0.2, 0) is 0 Å². The summed E-state index contributed by atoms with van der Waals surface area (Å²) in [5, 5.41) is 10.8. The van der Waals surface area contributed by atoms with E-state index in [0.717, 1.165) is 0 Å². The van der Waals surface area contributed by atoms with E-state index in [-0.39, 0.29) is 10.0 Å². The largest absolute Gasteiger partial charge is 0.374 e. The number of nitrogens with zero attached hydrogens (tertiary/aromatic N) is 2. The van der Waals surface area contributed by atoms with Crippen molar-refractivity contribution in [3.63, 3.8) is 0 Å². The van der Waals surface area contributed by atoms with Gasteiger partial charge in [-0.1, -0.05) is 46.4 Å². The first-order chi connectivity index (χ1) is 7.86. The highest BCUT2D eigenvalue weighted by molar-refractivity contribution is 6.54. The Morgan fingerprint density at radius 1 is 1.00 bits per heavy atom. The van der Waals surface area contributed by atoms with Gasteiger partial charge in [0.1, 0.15) is 6.23 Å². The predicted octanol–water partition coefficient (Wildman–Crippen LogP) is 3.85. The molecule has 0 bridgehead atoms. The first kappa shape index (κ1) is 13.4. The highest BCUT2D eigenvalue weighted by Crippen LogP contribution is 2.53. The zero-order chi connectivity index (χ0) is 12.9. The molecular formula is C10H10Cl4N2O. The van der Waals surface area contributed by atoms with Gasteiger partial charge >= 0.3 is 0 Å². The Bertz CT molecular complexity index is 478. The number of aliphatic hydroxyl groups excluding tert-OH is 1. The number of benzene rings is 1. The summed E-state index contributed by atoms with van der Waals surface area (Å²) in [6.07, 6.45) is -0.690. The summed E-state index contributed by atoms with van der Waals surface area (Å²) in [6, 6.07) is 0. The molecule has 1 unspecified atom stereocenters. The molecule has 0 aromatic heterocycles. The van der Waals surface area contributed by atoms with Crippen LogP contribution in [-0.4, -0.2) is 25.1 Å². The maximum absolute atomic E-state index is 9.71. The van der Waals surface area contributed by atoms with Gasteiger partial charge in [-0.2, -0.15) is 0 Å². The highest BCUT2D eigenvalue weighted by Gasteiger charge is 2.33. The third kappa shape index (κ3) is 1.94. The lowest BCUT2D eigenvalue weighted by Crippen LogP contribution is -2.35. The van der Waals surface area contributed by atoms with E-state index in [2.05, 4.69) is 0 Å². The average Bonchev–Trinajstić information content (AvgIpc) is 2.61. The fraction of sp³-hybridized carbons (Fsp3) is 0.400. The van der Waals surface area contributed by atoms with E-state index >= 15 is 0 Å². The van der Waals surface area contributed by atoms with Gasteiger partial charge in [0, 0.05) is 7.05 Å². The van der Waals surface area contributed by atoms with Gasteiger partial charge in [0.15, 0.2) is 0 Å². The number of hydrogen-bond acceptors (Lipinski definition) is 3. The molecule has 0 radical (unpaired) electrons. The molecule has 0 amide bonds. The molecule has 17 heavy (non-hydrogen) atoms. The van der Waals surface area contributed by atoms with Gasteiger partial charge in [-0.3, -0.25) is 0 Å². The molecule has 0 saturated heterocycles. The third-order valence-electron chi connectivity index (χ3n) is 2.70. The Morgan fingerprint density at radius 2 is 1.47 bits per heavy atom. The van der Waals surface area contributed by atoms with Crippen LogP contribution in [0.4, 0.5) is 11.4 Å². The molecule has 2 rings (SSSR count). The fourth-order valence-corrected chi connectivity index (χ4v) is 2.98.